The van der Waals surface area contributed by atoms with Gasteiger partial charge in [0.05, 0.1) is 10.9 Å². The number of nitrogens with zero attached hydrogens (tertiary/aromatic N) is 4. The van der Waals surface area contributed by atoms with Crippen LogP contribution in [0, 0.1) is 0 Å². The lowest BCUT2D eigenvalue weighted by Crippen LogP contribution is -2.28. The number of nitrogens with two attached hydrogens (primary N) is 1. The quantitative estimate of drug-likeness (QED) is 0.856. The van der Waals surface area contributed by atoms with Gasteiger partial charge >= 0.3 is 0 Å². The fraction of sp³-hybridized carbons (Fsp3) is 0.462. The highest BCUT2D eigenvalue weighted by Gasteiger charge is 2.31. The van der Waals surface area contributed by atoms with Crippen LogP contribution in [-0.2, 0) is 4.79 Å². The zero-order valence-electron chi connectivity index (χ0n) is 11.4. The molecule has 0 radical (unpaired) electrons. The van der Waals surface area contributed by atoms with Crippen LogP contribution < -0.4 is 10.6 Å². The molecule has 3 heterocycles. The molecule has 7 heteroatoms. The number of aromatic nitrogens is 3. The molecular weight excluding hydrogens is 278 g/mol. The summed E-state index contributed by atoms with van der Waals surface area (Å²) >= 11 is 5.96. The number of halogens is 1. The van der Waals surface area contributed by atoms with Gasteiger partial charge in [-0.25, -0.2) is 4.98 Å². The Labute approximate surface area is 121 Å². The summed E-state index contributed by atoms with van der Waals surface area (Å²) in [6, 6.07) is 1.80. The minimum absolute atomic E-state index is 0.00255. The standard InChI is InChI=1S/C13H16ClN5O/c1-7(2)19-10-4-11(14)16-5-9(10)13(17-19)18-6-8(15)3-12(18)20/h4-5,7-8H,3,6,15H2,1-2H3. The van der Waals surface area contributed by atoms with Crippen LogP contribution in [0.1, 0.15) is 26.3 Å². The minimum Gasteiger partial charge on any atom is -0.326 e. The Morgan fingerprint density at radius 3 is 2.85 bits per heavy atom. The maximum absolute atomic E-state index is 12.0. The first kappa shape index (κ1) is 13.3. The number of hydrogen-bond donors (Lipinski definition) is 1. The number of hydrogen-bond acceptors (Lipinski definition) is 4. The molecule has 0 bridgehead atoms. The number of pyridine rings is 1. The molecule has 0 saturated carbocycles. The highest BCUT2D eigenvalue weighted by molar-refractivity contribution is 6.30. The summed E-state index contributed by atoms with van der Waals surface area (Å²) in [6.45, 7) is 4.55. The molecular formula is C13H16ClN5O. The maximum Gasteiger partial charge on any atom is 0.229 e. The predicted molar refractivity (Wildman–Crippen MR) is 77.9 cm³/mol. The van der Waals surface area contributed by atoms with E-state index in [1.807, 2.05) is 18.5 Å². The van der Waals surface area contributed by atoms with Crippen LogP contribution in [0.5, 0.6) is 0 Å². The molecule has 0 aromatic carbocycles. The molecule has 1 fully saturated rings. The van der Waals surface area contributed by atoms with Gasteiger partial charge in [-0.15, -0.1) is 0 Å². The normalized spacial score (nSPS) is 19.6. The SMILES string of the molecule is CC(C)n1nc(N2CC(N)CC2=O)c2cnc(Cl)cc21. The van der Waals surface area contributed by atoms with Gasteiger partial charge in [-0.3, -0.25) is 14.4 Å². The molecule has 1 aliphatic heterocycles. The zero-order chi connectivity index (χ0) is 14.4. The second-order valence-electron chi connectivity index (χ2n) is 5.35. The summed E-state index contributed by atoms with van der Waals surface area (Å²) in [4.78, 5) is 17.8. The van der Waals surface area contributed by atoms with Gasteiger partial charge in [-0.1, -0.05) is 11.6 Å². The first-order chi connectivity index (χ1) is 9.47. The first-order valence-corrected chi connectivity index (χ1v) is 6.95. The molecule has 1 atom stereocenters. The Morgan fingerprint density at radius 1 is 1.50 bits per heavy atom. The van der Waals surface area contributed by atoms with E-state index in [1.165, 1.54) is 0 Å². The van der Waals surface area contributed by atoms with Crippen LogP contribution in [0.3, 0.4) is 0 Å². The number of rotatable bonds is 2. The smallest absolute Gasteiger partial charge is 0.229 e. The largest absolute Gasteiger partial charge is 0.326 e. The van der Waals surface area contributed by atoms with Crippen molar-refractivity contribution < 1.29 is 4.79 Å². The molecule has 0 aliphatic carbocycles. The molecule has 3 rings (SSSR count). The van der Waals surface area contributed by atoms with Crippen molar-refractivity contribution in [1.82, 2.24) is 14.8 Å². The highest BCUT2D eigenvalue weighted by atomic mass is 35.5. The van der Waals surface area contributed by atoms with Crippen molar-refractivity contribution in [2.24, 2.45) is 5.73 Å². The second kappa shape index (κ2) is 4.71. The Morgan fingerprint density at radius 2 is 2.25 bits per heavy atom. The number of carbonyl (C=O) groups excluding carboxylic acids is 1. The van der Waals surface area contributed by atoms with E-state index in [9.17, 15) is 4.79 Å². The topological polar surface area (TPSA) is 77.0 Å². The van der Waals surface area contributed by atoms with Gasteiger partial charge in [0, 0.05) is 37.3 Å². The summed E-state index contributed by atoms with van der Waals surface area (Å²) < 4.78 is 1.86. The Kier molecular flexibility index (Phi) is 3.14. The third-order valence-corrected chi connectivity index (χ3v) is 3.65. The zero-order valence-corrected chi connectivity index (χ0v) is 12.1. The fourth-order valence-electron chi connectivity index (χ4n) is 2.52. The molecule has 20 heavy (non-hydrogen) atoms. The van der Waals surface area contributed by atoms with Crippen molar-refractivity contribution in [2.75, 3.05) is 11.4 Å². The third kappa shape index (κ3) is 2.05. The van der Waals surface area contributed by atoms with Crippen molar-refractivity contribution >= 4 is 34.2 Å². The first-order valence-electron chi connectivity index (χ1n) is 6.57. The van der Waals surface area contributed by atoms with Crippen molar-refractivity contribution in [2.45, 2.75) is 32.4 Å². The molecule has 1 unspecified atom stereocenters. The molecule has 1 saturated heterocycles. The van der Waals surface area contributed by atoms with Gasteiger partial charge in [0.1, 0.15) is 5.15 Å². The number of carbonyl (C=O) groups is 1. The summed E-state index contributed by atoms with van der Waals surface area (Å²) in [7, 11) is 0. The van der Waals surface area contributed by atoms with Crippen LogP contribution in [0.15, 0.2) is 12.3 Å². The van der Waals surface area contributed by atoms with Crippen molar-refractivity contribution in [3.8, 4) is 0 Å². The van der Waals surface area contributed by atoms with E-state index in [1.54, 1.807) is 17.2 Å². The predicted octanol–water partition coefficient (Wildman–Crippen LogP) is 1.73. The van der Waals surface area contributed by atoms with Crippen LogP contribution in [0.25, 0.3) is 10.9 Å². The number of anilines is 1. The van der Waals surface area contributed by atoms with Crippen molar-refractivity contribution in [3.05, 3.63) is 17.4 Å². The van der Waals surface area contributed by atoms with Crippen LogP contribution in [0.4, 0.5) is 5.82 Å². The minimum atomic E-state index is -0.137. The van der Waals surface area contributed by atoms with Gasteiger partial charge in [-0.2, -0.15) is 5.10 Å². The van der Waals surface area contributed by atoms with E-state index < -0.39 is 0 Å². The lowest BCUT2D eigenvalue weighted by molar-refractivity contribution is -0.117. The van der Waals surface area contributed by atoms with E-state index in [4.69, 9.17) is 17.3 Å². The van der Waals surface area contributed by atoms with Crippen LogP contribution in [-0.4, -0.2) is 33.3 Å². The maximum atomic E-state index is 12.0. The van der Waals surface area contributed by atoms with E-state index >= 15 is 0 Å². The van der Waals surface area contributed by atoms with Gasteiger partial charge < -0.3 is 5.73 Å². The number of amides is 1. The summed E-state index contributed by atoms with van der Waals surface area (Å²) in [5.74, 6) is 0.624. The van der Waals surface area contributed by atoms with E-state index in [2.05, 4.69) is 10.1 Å². The van der Waals surface area contributed by atoms with Crippen LogP contribution in [0.2, 0.25) is 5.15 Å². The van der Waals surface area contributed by atoms with Crippen molar-refractivity contribution in [3.63, 3.8) is 0 Å². The molecule has 6 nitrogen and oxygen atoms in total. The molecule has 2 aromatic heterocycles. The molecule has 2 aromatic rings. The molecule has 106 valence electrons. The monoisotopic (exact) mass is 293 g/mol. The molecule has 0 spiro atoms. The average molecular weight is 294 g/mol. The van der Waals surface area contributed by atoms with E-state index in [0.717, 1.165) is 10.9 Å². The summed E-state index contributed by atoms with van der Waals surface area (Å²) in [6.07, 6.45) is 2.02. The lowest BCUT2D eigenvalue weighted by atomic mass is 10.3. The molecule has 1 aliphatic rings. The number of fused-ring (bicyclic) bond motifs is 1. The Hall–Kier alpha value is -1.66. The van der Waals surface area contributed by atoms with Crippen LogP contribution >= 0.6 is 11.6 Å². The Bertz CT molecular complexity index is 681. The highest BCUT2D eigenvalue weighted by Crippen LogP contribution is 2.31. The van der Waals surface area contributed by atoms with E-state index in [-0.39, 0.29) is 18.0 Å². The molecule has 1 amide bonds. The van der Waals surface area contributed by atoms with E-state index in [0.29, 0.717) is 23.9 Å². The van der Waals surface area contributed by atoms with Gasteiger partial charge in [0.25, 0.3) is 0 Å². The summed E-state index contributed by atoms with van der Waals surface area (Å²) in [5, 5.41) is 5.80. The molecule has 2 N–H and O–H groups in total. The van der Waals surface area contributed by atoms with Gasteiger partial charge in [0.15, 0.2) is 5.82 Å². The lowest BCUT2D eigenvalue weighted by Gasteiger charge is -2.13. The average Bonchev–Trinajstić information content (AvgIpc) is 2.89. The second-order valence-corrected chi connectivity index (χ2v) is 5.74. The fourth-order valence-corrected chi connectivity index (χ4v) is 2.68. The Balaban J connectivity index is 2.19. The third-order valence-electron chi connectivity index (χ3n) is 3.44. The van der Waals surface area contributed by atoms with Crippen molar-refractivity contribution in [1.29, 1.82) is 0 Å². The van der Waals surface area contributed by atoms with Gasteiger partial charge in [0.2, 0.25) is 5.91 Å². The van der Waals surface area contributed by atoms with Gasteiger partial charge in [-0.05, 0) is 13.8 Å². The summed E-state index contributed by atoms with van der Waals surface area (Å²) in [5.41, 5.74) is 6.73.